The van der Waals surface area contributed by atoms with Crippen LogP contribution in [0.3, 0.4) is 0 Å². The highest BCUT2D eigenvalue weighted by Gasteiger charge is 2.32. The van der Waals surface area contributed by atoms with E-state index in [9.17, 15) is 9.59 Å². The van der Waals surface area contributed by atoms with Gasteiger partial charge in [-0.25, -0.2) is 0 Å². The average molecular weight is 297 g/mol. The number of cyclic esters (lactones) is 1. The van der Waals surface area contributed by atoms with Crippen molar-refractivity contribution < 1.29 is 14.3 Å². The highest BCUT2D eigenvalue weighted by molar-refractivity contribution is 6.30. The molecule has 0 radical (unpaired) electrons. The van der Waals surface area contributed by atoms with Gasteiger partial charge in [-0.1, -0.05) is 18.5 Å². The van der Waals surface area contributed by atoms with Gasteiger partial charge in [0.25, 0.3) is 0 Å². The van der Waals surface area contributed by atoms with Crippen molar-refractivity contribution in [2.75, 3.05) is 25.0 Å². The summed E-state index contributed by atoms with van der Waals surface area (Å²) in [6, 6.07) is 6.34. The Morgan fingerprint density at radius 2 is 2.15 bits per heavy atom. The Hall–Kier alpha value is -1.59. The van der Waals surface area contributed by atoms with E-state index < -0.39 is 6.04 Å². The second-order valence-corrected chi connectivity index (χ2v) is 5.01. The lowest BCUT2D eigenvalue weighted by molar-refractivity contribution is -0.158. The van der Waals surface area contributed by atoms with E-state index in [1.807, 2.05) is 11.8 Å². The summed E-state index contributed by atoms with van der Waals surface area (Å²) in [7, 11) is 0. The fraction of sp³-hybridized carbons (Fsp3) is 0.429. The molecule has 108 valence electrons. The lowest BCUT2D eigenvalue weighted by atomic mass is 10.1. The van der Waals surface area contributed by atoms with Crippen molar-refractivity contribution in [3.05, 3.63) is 29.3 Å². The molecule has 1 aliphatic heterocycles. The molecule has 0 spiro atoms. The van der Waals surface area contributed by atoms with Gasteiger partial charge in [0.15, 0.2) is 0 Å². The first-order valence-electron chi connectivity index (χ1n) is 6.56. The van der Waals surface area contributed by atoms with E-state index in [0.717, 1.165) is 0 Å². The minimum Gasteiger partial charge on any atom is -0.463 e. The molecule has 1 aromatic carbocycles. The molecule has 0 aliphatic carbocycles. The highest BCUT2D eigenvalue weighted by Crippen LogP contribution is 2.16. The molecule has 0 unspecified atom stereocenters. The van der Waals surface area contributed by atoms with E-state index in [4.69, 9.17) is 16.3 Å². The maximum atomic E-state index is 12.0. The maximum Gasteiger partial charge on any atom is 0.323 e. The number of hydrogen-bond acceptors (Lipinski definition) is 4. The molecular weight excluding hydrogens is 280 g/mol. The van der Waals surface area contributed by atoms with Crippen LogP contribution in [0.4, 0.5) is 5.69 Å². The zero-order chi connectivity index (χ0) is 14.5. The topological polar surface area (TPSA) is 58.6 Å². The Bertz CT molecular complexity index is 490. The fourth-order valence-corrected chi connectivity index (χ4v) is 2.30. The summed E-state index contributed by atoms with van der Waals surface area (Å²) >= 11 is 5.78. The third-order valence-corrected chi connectivity index (χ3v) is 3.50. The van der Waals surface area contributed by atoms with Crippen LogP contribution in [0.2, 0.25) is 5.02 Å². The van der Waals surface area contributed by atoms with E-state index in [2.05, 4.69) is 5.32 Å². The number of rotatable bonds is 4. The SMILES string of the molecule is CCN1CCOC(=O)[C@@H]1CC(=O)Nc1ccc(Cl)cc1. The van der Waals surface area contributed by atoms with Crippen LogP contribution in [-0.2, 0) is 14.3 Å². The molecule has 1 saturated heterocycles. The van der Waals surface area contributed by atoms with Crippen LogP contribution in [0.1, 0.15) is 13.3 Å². The third kappa shape index (κ3) is 3.71. The lowest BCUT2D eigenvalue weighted by Crippen LogP contribution is -2.50. The number of benzene rings is 1. The number of halogens is 1. The van der Waals surface area contributed by atoms with Gasteiger partial charge in [-0.2, -0.15) is 0 Å². The number of carbonyl (C=O) groups is 2. The molecule has 1 aromatic rings. The van der Waals surface area contributed by atoms with E-state index >= 15 is 0 Å². The minimum absolute atomic E-state index is 0.0926. The predicted octanol–water partition coefficient (Wildman–Crippen LogP) is 1.92. The van der Waals surface area contributed by atoms with Crippen LogP contribution >= 0.6 is 11.6 Å². The first-order valence-corrected chi connectivity index (χ1v) is 6.94. The molecule has 1 fully saturated rings. The number of morpholine rings is 1. The van der Waals surface area contributed by atoms with Gasteiger partial charge in [0.1, 0.15) is 12.6 Å². The van der Waals surface area contributed by atoms with Crippen molar-refractivity contribution in [1.29, 1.82) is 0 Å². The Morgan fingerprint density at radius 3 is 2.80 bits per heavy atom. The number of carbonyl (C=O) groups excluding carboxylic acids is 2. The normalized spacial score (nSPS) is 19.5. The molecule has 1 heterocycles. The number of nitrogens with zero attached hydrogens (tertiary/aromatic N) is 1. The summed E-state index contributed by atoms with van der Waals surface area (Å²) in [5.74, 6) is -0.543. The Labute approximate surface area is 122 Å². The van der Waals surface area contributed by atoms with Gasteiger partial charge in [-0.3, -0.25) is 14.5 Å². The van der Waals surface area contributed by atoms with Crippen molar-refractivity contribution in [2.24, 2.45) is 0 Å². The Balaban J connectivity index is 1.95. The molecule has 2 rings (SSSR count). The van der Waals surface area contributed by atoms with Gasteiger partial charge in [0, 0.05) is 17.3 Å². The smallest absolute Gasteiger partial charge is 0.323 e. The molecular formula is C14H17ClN2O3. The first-order chi connectivity index (χ1) is 9.60. The summed E-state index contributed by atoms with van der Waals surface area (Å²) in [6.07, 6.45) is 0.0926. The van der Waals surface area contributed by atoms with Gasteiger partial charge >= 0.3 is 5.97 Å². The number of amides is 1. The van der Waals surface area contributed by atoms with Gasteiger partial charge in [-0.05, 0) is 30.8 Å². The van der Waals surface area contributed by atoms with E-state index in [1.54, 1.807) is 24.3 Å². The third-order valence-electron chi connectivity index (χ3n) is 3.25. The number of likely N-dealkylation sites (N-methyl/N-ethyl adjacent to an activating group) is 1. The van der Waals surface area contributed by atoms with Crippen LogP contribution in [0.5, 0.6) is 0 Å². The van der Waals surface area contributed by atoms with Crippen molar-refractivity contribution in [1.82, 2.24) is 4.90 Å². The van der Waals surface area contributed by atoms with Crippen molar-refractivity contribution in [3.8, 4) is 0 Å². The van der Waals surface area contributed by atoms with Crippen LogP contribution in [-0.4, -0.2) is 42.5 Å². The fourth-order valence-electron chi connectivity index (χ4n) is 2.18. The molecule has 0 bridgehead atoms. The quantitative estimate of drug-likeness (QED) is 0.863. The number of nitrogens with one attached hydrogen (secondary N) is 1. The first kappa shape index (κ1) is 14.8. The monoisotopic (exact) mass is 296 g/mol. The maximum absolute atomic E-state index is 12.0. The number of hydrogen-bond donors (Lipinski definition) is 1. The van der Waals surface area contributed by atoms with E-state index in [0.29, 0.717) is 30.4 Å². The van der Waals surface area contributed by atoms with Crippen LogP contribution in [0.15, 0.2) is 24.3 Å². The lowest BCUT2D eigenvalue weighted by Gasteiger charge is -2.32. The number of anilines is 1. The van der Waals surface area contributed by atoms with Gasteiger partial charge in [0.05, 0.1) is 6.42 Å². The van der Waals surface area contributed by atoms with Crippen molar-refractivity contribution >= 4 is 29.2 Å². The van der Waals surface area contributed by atoms with Crippen LogP contribution < -0.4 is 5.32 Å². The van der Waals surface area contributed by atoms with Crippen molar-refractivity contribution in [3.63, 3.8) is 0 Å². The Kier molecular flexibility index (Phi) is 4.98. The summed E-state index contributed by atoms with van der Waals surface area (Å²) in [4.78, 5) is 25.7. The van der Waals surface area contributed by atoms with Gasteiger partial charge < -0.3 is 10.1 Å². The largest absolute Gasteiger partial charge is 0.463 e. The van der Waals surface area contributed by atoms with E-state index in [1.165, 1.54) is 0 Å². The second kappa shape index (κ2) is 6.72. The molecule has 1 N–H and O–H groups in total. The van der Waals surface area contributed by atoms with Crippen LogP contribution in [0.25, 0.3) is 0 Å². The molecule has 20 heavy (non-hydrogen) atoms. The molecule has 1 aliphatic rings. The molecule has 5 nitrogen and oxygen atoms in total. The second-order valence-electron chi connectivity index (χ2n) is 4.57. The van der Waals surface area contributed by atoms with E-state index in [-0.39, 0.29) is 18.3 Å². The highest BCUT2D eigenvalue weighted by atomic mass is 35.5. The molecule has 1 atom stereocenters. The Morgan fingerprint density at radius 1 is 1.45 bits per heavy atom. The summed E-state index contributed by atoms with van der Waals surface area (Å²) in [5.41, 5.74) is 0.659. The molecule has 0 aromatic heterocycles. The van der Waals surface area contributed by atoms with Crippen LogP contribution in [0, 0.1) is 0 Å². The predicted molar refractivity (Wildman–Crippen MR) is 76.7 cm³/mol. The number of ether oxygens (including phenoxy) is 1. The number of esters is 1. The summed E-state index contributed by atoms with van der Waals surface area (Å²) in [5, 5.41) is 3.36. The minimum atomic E-state index is -0.499. The standard InChI is InChI=1S/C14H17ClN2O3/c1-2-17-7-8-20-14(19)12(17)9-13(18)16-11-5-3-10(15)4-6-11/h3-6,12H,2,7-9H2,1H3,(H,16,18)/t12-/m0/s1. The summed E-state index contributed by atoms with van der Waals surface area (Å²) in [6.45, 7) is 3.74. The molecule has 0 saturated carbocycles. The average Bonchev–Trinajstić information content (AvgIpc) is 2.43. The van der Waals surface area contributed by atoms with Crippen molar-refractivity contribution in [2.45, 2.75) is 19.4 Å². The van der Waals surface area contributed by atoms with Gasteiger partial charge in [0.2, 0.25) is 5.91 Å². The van der Waals surface area contributed by atoms with Gasteiger partial charge in [-0.15, -0.1) is 0 Å². The molecule has 6 heteroatoms. The zero-order valence-electron chi connectivity index (χ0n) is 11.3. The molecule has 1 amide bonds. The summed E-state index contributed by atoms with van der Waals surface area (Å²) < 4.78 is 5.01. The zero-order valence-corrected chi connectivity index (χ0v) is 12.0.